The number of hydrogen-bond acceptors (Lipinski definition) is 15. The second-order valence-corrected chi connectivity index (χ2v) is 16.6. The quantitative estimate of drug-likeness (QED) is 0.0496. The molecule has 0 saturated heterocycles. The molecule has 0 spiro atoms. The molecule has 0 saturated carbocycles. The van der Waals surface area contributed by atoms with Crippen LogP contribution in [0.1, 0.15) is 83.0 Å². The number of hydrogen-bond donors (Lipinski definition) is 5. The van der Waals surface area contributed by atoms with Gasteiger partial charge in [-0.2, -0.15) is 4.98 Å². The van der Waals surface area contributed by atoms with Crippen LogP contribution in [0, 0.1) is 11.6 Å². The summed E-state index contributed by atoms with van der Waals surface area (Å²) in [5.74, 6) is 3.71. The number of benzene rings is 2. The largest absolute Gasteiger partial charge is 0.497 e. The third-order valence-electron chi connectivity index (χ3n) is 10.3. The smallest absolute Gasteiger partial charge is 0.237 e. The van der Waals surface area contributed by atoms with Crippen LogP contribution >= 0.6 is 15.9 Å². The lowest BCUT2D eigenvalue weighted by Gasteiger charge is -2.29. The van der Waals surface area contributed by atoms with Gasteiger partial charge in [0.05, 0.1) is 74.3 Å². The Balaban J connectivity index is 0.000000236. The lowest BCUT2D eigenvalue weighted by atomic mass is 9.96. The Labute approximate surface area is 388 Å². The summed E-state index contributed by atoms with van der Waals surface area (Å²) < 4.78 is 54.0. The maximum Gasteiger partial charge on any atom is 0.237 e. The van der Waals surface area contributed by atoms with Crippen molar-refractivity contribution in [2.24, 2.45) is 10.7 Å². The predicted molar refractivity (Wildman–Crippen MR) is 255 cm³/mol. The highest BCUT2D eigenvalue weighted by atomic mass is 79.9. The molecule has 352 valence electrons. The SMILES string of the molecule is C=C(N)NCc1ccc(OC)cc1OC.CCCC[C@](C)(CO)Nc1nc(NCc2ccc(OC)cc2OC)nc2cc(F)cnc12.CCCC[C@]1(C)COC(c2ncc(F)cc2Br)=N1. The molecule has 6 rings (SSSR count). The highest BCUT2D eigenvalue weighted by molar-refractivity contribution is 9.10. The molecular formula is C47H62BrF2N9O6. The fraction of sp³-hybridized carbons (Fsp3) is 0.426. The van der Waals surface area contributed by atoms with Crippen LogP contribution in [-0.4, -0.2) is 83.7 Å². The molecule has 65 heavy (non-hydrogen) atoms. The van der Waals surface area contributed by atoms with Crippen LogP contribution < -0.4 is 40.6 Å². The van der Waals surface area contributed by atoms with Gasteiger partial charge in [-0.05, 0) is 73.0 Å². The highest BCUT2D eigenvalue weighted by Crippen LogP contribution is 2.30. The number of aliphatic imine (C=N–C) groups is 1. The van der Waals surface area contributed by atoms with Crippen molar-refractivity contribution in [2.45, 2.75) is 90.4 Å². The molecule has 0 aliphatic carbocycles. The average Bonchev–Trinajstić information content (AvgIpc) is 3.70. The molecule has 0 radical (unpaired) electrons. The van der Waals surface area contributed by atoms with E-state index in [9.17, 15) is 13.9 Å². The number of aliphatic hydroxyl groups excluding tert-OH is 1. The highest BCUT2D eigenvalue weighted by Gasteiger charge is 2.33. The van der Waals surface area contributed by atoms with E-state index in [1.807, 2.05) is 37.3 Å². The van der Waals surface area contributed by atoms with E-state index in [0.717, 1.165) is 67.3 Å². The monoisotopic (exact) mass is 965 g/mol. The molecule has 0 bridgehead atoms. The van der Waals surface area contributed by atoms with Crippen molar-refractivity contribution in [2.75, 3.05) is 52.3 Å². The maximum atomic E-state index is 13.9. The summed E-state index contributed by atoms with van der Waals surface area (Å²) >= 11 is 3.28. The molecule has 0 fully saturated rings. The number of aromatic nitrogens is 4. The number of halogens is 3. The van der Waals surface area contributed by atoms with E-state index in [4.69, 9.17) is 29.4 Å². The Morgan fingerprint density at radius 2 is 1.51 bits per heavy atom. The number of nitrogens with zero attached hydrogens (tertiary/aromatic N) is 5. The summed E-state index contributed by atoms with van der Waals surface area (Å²) in [4.78, 5) is 21.8. The second-order valence-electron chi connectivity index (χ2n) is 15.7. The number of pyridine rings is 2. The van der Waals surface area contributed by atoms with Gasteiger partial charge in [0.25, 0.3) is 0 Å². The molecule has 1 aliphatic heterocycles. The van der Waals surface area contributed by atoms with Gasteiger partial charge in [-0.3, -0.25) is 0 Å². The summed E-state index contributed by atoms with van der Waals surface area (Å²) in [5, 5.41) is 19.4. The zero-order valence-electron chi connectivity index (χ0n) is 38.5. The lowest BCUT2D eigenvalue weighted by Crippen LogP contribution is -2.39. The lowest BCUT2D eigenvalue weighted by molar-refractivity contribution is 0.212. The van der Waals surface area contributed by atoms with E-state index in [0.29, 0.717) is 75.9 Å². The number of nitrogens with two attached hydrogens (primary N) is 1. The normalized spacial score (nSPS) is 14.9. The van der Waals surface area contributed by atoms with Gasteiger partial charge in [0, 0.05) is 42.4 Å². The first-order chi connectivity index (χ1) is 31.1. The van der Waals surface area contributed by atoms with Gasteiger partial charge in [0.1, 0.15) is 52.4 Å². The third kappa shape index (κ3) is 15.3. The van der Waals surface area contributed by atoms with Crippen LogP contribution in [0.2, 0.25) is 0 Å². The van der Waals surface area contributed by atoms with Crippen molar-refractivity contribution < 1.29 is 37.6 Å². The van der Waals surface area contributed by atoms with Gasteiger partial charge in [0.15, 0.2) is 5.82 Å². The molecule has 5 aromatic rings. The Morgan fingerprint density at radius 3 is 2.08 bits per heavy atom. The van der Waals surface area contributed by atoms with Gasteiger partial charge >= 0.3 is 0 Å². The standard InChI is InChI=1S/C23H30FN5O3.C13H16BrFN2O.C11H16N2O2/c1-5-6-9-23(2,14-30)29-21-20-18(10-16(24)13-25-20)27-22(28-21)26-12-15-7-8-17(31-3)11-19(15)32-4;1-3-4-5-13(2)8-18-12(17-13)11-10(14)6-9(15)7-16-11;1-8(12)13-7-9-4-5-10(14-2)6-11(9)15-3/h7-8,10-11,13,30H,5-6,9,12,14H2,1-4H3,(H2,26,27,28,29);6-7H,3-5,8H2,1-2H3;4-6,13H,1,7,12H2,2-3H3/t23-;13-;/m11./s1. The molecule has 1 aliphatic rings. The minimum atomic E-state index is -0.593. The molecule has 2 aromatic carbocycles. The van der Waals surface area contributed by atoms with Crippen molar-refractivity contribution in [1.29, 1.82) is 0 Å². The number of anilines is 2. The molecule has 15 nitrogen and oxygen atoms in total. The Morgan fingerprint density at radius 1 is 0.892 bits per heavy atom. The van der Waals surface area contributed by atoms with Crippen LogP contribution in [-0.2, 0) is 17.8 Å². The molecule has 0 unspecified atom stereocenters. The number of ether oxygens (including phenoxy) is 5. The zero-order valence-corrected chi connectivity index (χ0v) is 40.1. The third-order valence-corrected chi connectivity index (χ3v) is 10.9. The van der Waals surface area contributed by atoms with Crippen LogP contribution in [0.25, 0.3) is 11.0 Å². The number of nitrogens with one attached hydrogen (secondary N) is 3. The maximum absolute atomic E-state index is 13.9. The Bertz CT molecular complexity index is 2380. The van der Waals surface area contributed by atoms with E-state index in [1.54, 1.807) is 34.5 Å². The van der Waals surface area contributed by atoms with Crippen molar-refractivity contribution >= 4 is 44.6 Å². The van der Waals surface area contributed by atoms with Crippen LogP contribution in [0.15, 0.2) is 82.8 Å². The summed E-state index contributed by atoms with van der Waals surface area (Å²) in [6.07, 6.45) is 8.25. The first-order valence-electron chi connectivity index (χ1n) is 21.2. The van der Waals surface area contributed by atoms with Crippen molar-refractivity contribution in [3.63, 3.8) is 0 Å². The van der Waals surface area contributed by atoms with Crippen LogP contribution in [0.5, 0.6) is 23.0 Å². The topological polar surface area (TPSA) is 192 Å². The Kier molecular flexibility index (Phi) is 19.8. The fourth-order valence-electron chi connectivity index (χ4n) is 6.49. The number of unbranched alkanes of at least 4 members (excludes halogenated alkanes) is 2. The predicted octanol–water partition coefficient (Wildman–Crippen LogP) is 9.08. The minimum Gasteiger partial charge on any atom is -0.497 e. The molecule has 2 atom stereocenters. The zero-order chi connectivity index (χ0) is 47.6. The van der Waals surface area contributed by atoms with Gasteiger partial charge in [0.2, 0.25) is 11.8 Å². The van der Waals surface area contributed by atoms with Gasteiger partial charge in [-0.25, -0.2) is 28.7 Å². The van der Waals surface area contributed by atoms with Gasteiger partial charge < -0.3 is 50.5 Å². The van der Waals surface area contributed by atoms with Gasteiger partial charge in [-0.1, -0.05) is 46.1 Å². The molecule has 3 aromatic heterocycles. The first-order valence-corrected chi connectivity index (χ1v) is 22.0. The van der Waals surface area contributed by atoms with Crippen LogP contribution in [0.3, 0.4) is 0 Å². The number of rotatable bonds is 20. The fourth-order valence-corrected chi connectivity index (χ4v) is 6.98. The molecule has 18 heteroatoms. The summed E-state index contributed by atoms with van der Waals surface area (Å²) in [6.45, 7) is 13.3. The van der Waals surface area contributed by atoms with E-state index in [2.05, 4.69) is 84.2 Å². The Hall–Kier alpha value is -6.01. The average molecular weight is 967 g/mol. The van der Waals surface area contributed by atoms with Crippen LogP contribution in [0.4, 0.5) is 20.5 Å². The van der Waals surface area contributed by atoms with Crippen molar-refractivity contribution in [1.82, 2.24) is 25.3 Å². The van der Waals surface area contributed by atoms with Crippen molar-refractivity contribution in [3.8, 4) is 23.0 Å². The minimum absolute atomic E-state index is 0.0779. The number of methoxy groups -OCH3 is 4. The number of fused-ring (bicyclic) bond motifs is 1. The molecular weight excluding hydrogens is 904 g/mol. The van der Waals surface area contributed by atoms with Crippen molar-refractivity contribution in [3.05, 3.63) is 106 Å². The molecule has 6 N–H and O–H groups in total. The second kappa shape index (κ2) is 24.9. The first kappa shape index (κ1) is 51.6. The van der Waals surface area contributed by atoms with Gasteiger partial charge in [-0.15, -0.1) is 0 Å². The van der Waals surface area contributed by atoms with E-state index >= 15 is 0 Å². The summed E-state index contributed by atoms with van der Waals surface area (Å²) in [7, 11) is 6.43. The summed E-state index contributed by atoms with van der Waals surface area (Å²) in [5.41, 5.74) is 7.90. The molecule has 4 heterocycles. The van der Waals surface area contributed by atoms with E-state index < -0.39 is 11.4 Å². The summed E-state index contributed by atoms with van der Waals surface area (Å²) in [6, 6.07) is 13.8. The molecule has 0 amide bonds. The van der Waals surface area contributed by atoms with E-state index in [-0.39, 0.29) is 18.0 Å². The number of aliphatic hydroxyl groups is 1. The van der Waals surface area contributed by atoms with E-state index in [1.165, 1.54) is 18.3 Å².